The van der Waals surface area contributed by atoms with Gasteiger partial charge in [-0.3, -0.25) is 0 Å². The fourth-order valence-electron chi connectivity index (χ4n) is 2.23. The number of benzene rings is 1. The third kappa shape index (κ3) is 3.61. The van der Waals surface area contributed by atoms with Gasteiger partial charge < -0.3 is 9.90 Å². The lowest BCUT2D eigenvalue weighted by Gasteiger charge is -2.05. The SMILES string of the molecule is O=C([O-])CCC/C(=C\c1ccsc1)c1nc2ccccc2s1. The Kier molecular flexibility index (Phi) is 4.65. The van der Waals surface area contributed by atoms with Gasteiger partial charge in [-0.1, -0.05) is 12.1 Å². The molecule has 0 saturated heterocycles. The van der Waals surface area contributed by atoms with Crippen molar-refractivity contribution in [2.24, 2.45) is 0 Å². The molecule has 0 saturated carbocycles. The third-order valence-corrected chi connectivity index (χ3v) is 5.09. The first kappa shape index (κ1) is 14.9. The molecule has 0 radical (unpaired) electrons. The number of aliphatic carboxylic acids is 1. The van der Waals surface area contributed by atoms with E-state index < -0.39 is 5.97 Å². The third-order valence-electron chi connectivity index (χ3n) is 3.28. The van der Waals surface area contributed by atoms with Gasteiger partial charge in [0.1, 0.15) is 5.01 Å². The number of rotatable bonds is 6. The van der Waals surface area contributed by atoms with Crippen molar-refractivity contribution in [3.8, 4) is 0 Å². The summed E-state index contributed by atoms with van der Waals surface area (Å²) in [6.07, 6.45) is 3.42. The number of hydrogen-bond donors (Lipinski definition) is 0. The average molecular weight is 328 g/mol. The van der Waals surface area contributed by atoms with Crippen molar-refractivity contribution < 1.29 is 9.90 Å². The maximum Gasteiger partial charge on any atom is 0.120 e. The number of aromatic nitrogens is 1. The van der Waals surface area contributed by atoms with E-state index in [1.807, 2.05) is 23.6 Å². The minimum Gasteiger partial charge on any atom is -0.550 e. The summed E-state index contributed by atoms with van der Waals surface area (Å²) >= 11 is 3.29. The van der Waals surface area contributed by atoms with Crippen LogP contribution in [0.4, 0.5) is 0 Å². The predicted molar refractivity (Wildman–Crippen MR) is 90.7 cm³/mol. The van der Waals surface area contributed by atoms with Gasteiger partial charge >= 0.3 is 0 Å². The Labute approximate surface area is 136 Å². The molecule has 1 aromatic carbocycles. The van der Waals surface area contributed by atoms with Crippen LogP contribution >= 0.6 is 22.7 Å². The average Bonchev–Trinajstić information content (AvgIpc) is 3.14. The fourth-order valence-corrected chi connectivity index (χ4v) is 3.86. The molecule has 0 bridgehead atoms. The van der Waals surface area contributed by atoms with Crippen molar-refractivity contribution in [2.75, 3.05) is 0 Å². The molecule has 0 aliphatic rings. The van der Waals surface area contributed by atoms with Gasteiger partial charge in [-0.05, 0) is 65.4 Å². The summed E-state index contributed by atoms with van der Waals surface area (Å²) in [6, 6.07) is 10.1. The Morgan fingerprint density at radius 2 is 2.09 bits per heavy atom. The van der Waals surface area contributed by atoms with E-state index in [4.69, 9.17) is 0 Å². The lowest BCUT2D eigenvalue weighted by Crippen LogP contribution is -2.21. The van der Waals surface area contributed by atoms with E-state index >= 15 is 0 Å². The molecule has 22 heavy (non-hydrogen) atoms. The Bertz CT molecular complexity index is 770. The van der Waals surface area contributed by atoms with Gasteiger partial charge in [0.25, 0.3) is 0 Å². The molecule has 2 heterocycles. The highest BCUT2D eigenvalue weighted by Gasteiger charge is 2.09. The summed E-state index contributed by atoms with van der Waals surface area (Å²) in [5, 5.41) is 15.7. The smallest absolute Gasteiger partial charge is 0.120 e. The van der Waals surface area contributed by atoms with E-state index in [1.54, 1.807) is 22.7 Å². The molecule has 3 nitrogen and oxygen atoms in total. The van der Waals surface area contributed by atoms with Crippen molar-refractivity contribution in [1.29, 1.82) is 0 Å². The van der Waals surface area contributed by atoms with Gasteiger partial charge in [-0.15, -0.1) is 11.3 Å². The van der Waals surface area contributed by atoms with Gasteiger partial charge in [0.05, 0.1) is 10.2 Å². The highest BCUT2D eigenvalue weighted by atomic mass is 32.1. The number of nitrogens with zero attached hydrogens (tertiary/aromatic N) is 1. The van der Waals surface area contributed by atoms with Crippen LogP contribution in [0.1, 0.15) is 29.8 Å². The van der Waals surface area contributed by atoms with Crippen LogP contribution in [0.3, 0.4) is 0 Å². The summed E-state index contributed by atoms with van der Waals surface area (Å²) in [4.78, 5) is 15.3. The number of carbonyl (C=O) groups is 1. The maximum absolute atomic E-state index is 10.6. The summed E-state index contributed by atoms with van der Waals surface area (Å²) in [7, 11) is 0. The summed E-state index contributed by atoms with van der Waals surface area (Å²) in [5.74, 6) is -1.00. The first-order chi connectivity index (χ1) is 10.7. The number of fused-ring (bicyclic) bond motifs is 1. The summed E-state index contributed by atoms with van der Waals surface area (Å²) in [5.41, 5.74) is 3.20. The number of para-hydroxylation sites is 1. The number of carboxylic acids is 1. The quantitative estimate of drug-likeness (QED) is 0.691. The zero-order valence-electron chi connectivity index (χ0n) is 11.8. The predicted octanol–water partition coefficient (Wildman–Crippen LogP) is 3.82. The number of carbonyl (C=O) groups excluding carboxylic acids is 1. The minimum atomic E-state index is -1.00. The van der Waals surface area contributed by atoms with Crippen molar-refractivity contribution in [2.45, 2.75) is 19.3 Å². The van der Waals surface area contributed by atoms with Crippen molar-refractivity contribution in [1.82, 2.24) is 4.98 Å². The molecular weight excluding hydrogens is 314 g/mol. The molecule has 0 atom stereocenters. The first-order valence-corrected chi connectivity index (χ1v) is 8.77. The number of hydrogen-bond acceptors (Lipinski definition) is 5. The first-order valence-electron chi connectivity index (χ1n) is 7.01. The molecule has 0 fully saturated rings. The van der Waals surface area contributed by atoms with E-state index in [1.165, 1.54) is 0 Å². The van der Waals surface area contributed by atoms with Crippen LogP contribution in [0, 0.1) is 0 Å². The van der Waals surface area contributed by atoms with Gasteiger partial charge in [0.15, 0.2) is 0 Å². The topological polar surface area (TPSA) is 53.0 Å². The fraction of sp³-hybridized carbons (Fsp3) is 0.176. The van der Waals surface area contributed by atoms with E-state index in [0.717, 1.165) is 26.4 Å². The molecule has 0 aliphatic heterocycles. The standard InChI is InChI=1S/C17H15NO2S2/c19-16(20)7-3-4-13(10-12-8-9-21-11-12)17-18-14-5-1-2-6-15(14)22-17/h1-2,5-6,8-11H,3-4,7H2,(H,19,20)/p-1/b13-10+. The molecule has 0 unspecified atom stereocenters. The van der Waals surface area contributed by atoms with Crippen LogP contribution < -0.4 is 5.11 Å². The normalized spacial score (nSPS) is 11.9. The van der Waals surface area contributed by atoms with Crippen LogP contribution in [0.5, 0.6) is 0 Å². The van der Waals surface area contributed by atoms with Gasteiger partial charge in [0.2, 0.25) is 0 Å². The Balaban J connectivity index is 1.91. The molecule has 0 amide bonds. The molecule has 112 valence electrons. The second kappa shape index (κ2) is 6.85. The van der Waals surface area contributed by atoms with E-state index in [2.05, 4.69) is 28.6 Å². The van der Waals surface area contributed by atoms with Crippen LogP contribution in [0.2, 0.25) is 0 Å². The van der Waals surface area contributed by atoms with Crippen LogP contribution in [-0.4, -0.2) is 11.0 Å². The number of thiazole rings is 1. The monoisotopic (exact) mass is 328 g/mol. The van der Waals surface area contributed by atoms with Gasteiger partial charge in [-0.2, -0.15) is 11.3 Å². The summed E-state index contributed by atoms with van der Waals surface area (Å²) < 4.78 is 1.15. The molecule has 5 heteroatoms. The maximum atomic E-state index is 10.6. The molecular formula is C17H14NO2S2-. The largest absolute Gasteiger partial charge is 0.550 e. The molecule has 0 N–H and O–H groups in total. The van der Waals surface area contributed by atoms with Crippen LogP contribution in [-0.2, 0) is 4.79 Å². The Morgan fingerprint density at radius 1 is 1.23 bits per heavy atom. The lowest BCUT2D eigenvalue weighted by molar-refractivity contribution is -0.305. The van der Waals surface area contributed by atoms with Crippen molar-refractivity contribution in [3.05, 3.63) is 51.7 Å². The molecule has 3 rings (SSSR count). The van der Waals surface area contributed by atoms with E-state index in [9.17, 15) is 9.90 Å². The number of thiophene rings is 1. The molecule has 0 spiro atoms. The Morgan fingerprint density at radius 3 is 2.82 bits per heavy atom. The molecule has 0 aliphatic carbocycles. The van der Waals surface area contributed by atoms with E-state index in [-0.39, 0.29) is 6.42 Å². The lowest BCUT2D eigenvalue weighted by atomic mass is 10.1. The highest BCUT2D eigenvalue weighted by Crippen LogP contribution is 2.31. The van der Waals surface area contributed by atoms with Crippen LogP contribution in [0.25, 0.3) is 21.9 Å². The second-order valence-electron chi connectivity index (χ2n) is 4.94. The number of carboxylic acid groups (broad SMARTS) is 1. The zero-order valence-corrected chi connectivity index (χ0v) is 13.5. The van der Waals surface area contributed by atoms with Gasteiger partial charge in [-0.25, -0.2) is 4.98 Å². The minimum absolute atomic E-state index is 0.0753. The van der Waals surface area contributed by atoms with Gasteiger partial charge in [0, 0.05) is 5.97 Å². The zero-order chi connectivity index (χ0) is 15.4. The van der Waals surface area contributed by atoms with E-state index in [0.29, 0.717) is 12.8 Å². The van der Waals surface area contributed by atoms with Crippen molar-refractivity contribution in [3.63, 3.8) is 0 Å². The second-order valence-corrected chi connectivity index (χ2v) is 6.75. The van der Waals surface area contributed by atoms with Crippen molar-refractivity contribution >= 4 is 50.5 Å². The van der Waals surface area contributed by atoms with Crippen LogP contribution in [0.15, 0.2) is 41.1 Å². The summed E-state index contributed by atoms with van der Waals surface area (Å²) in [6.45, 7) is 0. The highest BCUT2D eigenvalue weighted by molar-refractivity contribution is 7.19. The number of allylic oxidation sites excluding steroid dienone is 1. The molecule has 3 aromatic rings. The molecule has 2 aromatic heterocycles. The Hall–Kier alpha value is -1.98.